The Bertz CT molecular complexity index is 106. The molecule has 0 amide bonds. The number of hydrogen-bond acceptors (Lipinski definition) is 0. The van der Waals surface area contributed by atoms with Gasteiger partial charge in [-0.3, -0.25) is 0 Å². The molecule has 0 nitrogen and oxygen atoms in total. The molecule has 0 aromatic rings. The molecule has 96 valence electrons. The molecule has 0 unspecified atom stereocenters. The van der Waals surface area contributed by atoms with E-state index in [0.717, 1.165) is 17.0 Å². The van der Waals surface area contributed by atoms with Crippen molar-refractivity contribution >= 4 is 17.5 Å². The third-order valence-corrected chi connectivity index (χ3v) is 6.00. The monoisotopic (exact) mass is 343 g/mol. The minimum absolute atomic E-state index is 0.0957. The van der Waals surface area contributed by atoms with E-state index in [9.17, 15) is 0 Å². The van der Waals surface area contributed by atoms with Gasteiger partial charge in [-0.05, 0) is 41.5 Å². The second-order valence-corrected chi connectivity index (χ2v) is 8.72. The first kappa shape index (κ1) is 21.3. The van der Waals surface area contributed by atoms with Crippen LogP contribution in [-0.2, 0) is 18.2 Å². The average Bonchev–Trinajstić information content (AvgIpc) is 2.06. The Kier molecular flexibility index (Phi) is 21.3. The molecule has 0 radical (unpaired) electrons. The van der Waals surface area contributed by atoms with Crippen LogP contribution in [-0.4, -0.2) is 17.0 Å². The Hall–Kier alpha value is 0.992. The maximum absolute atomic E-state index is 4.49. The van der Waals surface area contributed by atoms with Gasteiger partial charge in [0.05, 0.1) is 17.0 Å². The Morgan fingerprint density at radius 1 is 1.00 bits per heavy atom. The van der Waals surface area contributed by atoms with Gasteiger partial charge in [0.15, 0.2) is 0 Å². The van der Waals surface area contributed by atoms with Gasteiger partial charge in [0, 0.05) is 7.92 Å². The SMILES string of the molecule is C=C[CH2-].CC(C)[PH+](C(C)C)C(C)C.[Cl][Pd+]. The van der Waals surface area contributed by atoms with Gasteiger partial charge in [0.25, 0.3) is 0 Å². The summed E-state index contributed by atoms with van der Waals surface area (Å²) in [5.41, 5.74) is 2.81. The van der Waals surface area contributed by atoms with Crippen molar-refractivity contribution in [2.75, 3.05) is 0 Å². The quantitative estimate of drug-likeness (QED) is 0.379. The minimum atomic E-state index is -0.0957. The Labute approximate surface area is 113 Å². The van der Waals surface area contributed by atoms with Gasteiger partial charge in [-0.15, -0.1) is 0 Å². The van der Waals surface area contributed by atoms with Gasteiger partial charge < -0.3 is 0 Å². The summed E-state index contributed by atoms with van der Waals surface area (Å²) in [6.45, 7) is 20.7. The average molecular weight is 344 g/mol. The molecular formula is C12H27ClPPd+. The van der Waals surface area contributed by atoms with E-state index in [1.54, 1.807) is 0 Å². The van der Waals surface area contributed by atoms with Crippen molar-refractivity contribution in [3.63, 3.8) is 0 Å². The van der Waals surface area contributed by atoms with Crippen LogP contribution < -0.4 is 0 Å². The van der Waals surface area contributed by atoms with Crippen molar-refractivity contribution in [3.05, 3.63) is 19.6 Å². The predicted molar refractivity (Wildman–Crippen MR) is 75.1 cm³/mol. The van der Waals surface area contributed by atoms with Crippen LogP contribution in [0.1, 0.15) is 41.5 Å². The molecule has 0 aromatic carbocycles. The van der Waals surface area contributed by atoms with Gasteiger partial charge in [0.1, 0.15) is 0 Å². The molecule has 0 rings (SSSR count). The molecule has 0 fully saturated rings. The predicted octanol–water partition coefficient (Wildman–Crippen LogP) is 5.12. The summed E-state index contributed by atoms with van der Waals surface area (Å²) < 4.78 is 0. The van der Waals surface area contributed by atoms with Crippen molar-refractivity contribution in [1.29, 1.82) is 0 Å². The van der Waals surface area contributed by atoms with E-state index in [1.807, 2.05) is 0 Å². The summed E-state index contributed by atoms with van der Waals surface area (Å²) in [6, 6.07) is 0. The molecular weight excluding hydrogens is 317 g/mol. The second kappa shape index (κ2) is 15.0. The summed E-state index contributed by atoms with van der Waals surface area (Å²) in [7, 11) is 4.39. The van der Waals surface area contributed by atoms with E-state index < -0.39 is 0 Å². The molecule has 0 spiro atoms. The molecule has 0 saturated heterocycles. The zero-order valence-corrected chi connectivity index (χ0v) is 14.2. The summed E-state index contributed by atoms with van der Waals surface area (Å²) in [6.07, 6.45) is 1.50. The van der Waals surface area contributed by atoms with Crippen molar-refractivity contribution in [3.8, 4) is 0 Å². The molecule has 0 bridgehead atoms. The number of hydrogen-bond donors (Lipinski definition) is 0. The Morgan fingerprint density at radius 2 is 1.13 bits per heavy atom. The van der Waals surface area contributed by atoms with Gasteiger partial charge in [-0.25, -0.2) is 19.6 Å². The van der Waals surface area contributed by atoms with Gasteiger partial charge in [0.2, 0.25) is 0 Å². The molecule has 15 heavy (non-hydrogen) atoms. The molecule has 0 aromatic heterocycles. The standard InChI is InChI=1S/C9H21P.C3H5.ClH.Pd/c1-7(2)10(8(3)4)9(5)6;1-3-2;;/h7-9H,1-6H3;3H,1-2H2;1H;/q;-1;;+2. The van der Waals surface area contributed by atoms with Crippen LogP contribution in [0.4, 0.5) is 0 Å². The molecule has 0 aliphatic heterocycles. The summed E-state index contributed by atoms with van der Waals surface area (Å²) in [5.74, 6) is 0. The van der Waals surface area contributed by atoms with E-state index in [4.69, 9.17) is 0 Å². The van der Waals surface area contributed by atoms with Crippen LogP contribution in [0.2, 0.25) is 0 Å². The van der Waals surface area contributed by atoms with Crippen molar-refractivity contribution in [2.24, 2.45) is 0 Å². The number of allylic oxidation sites excluding steroid dienone is 1. The van der Waals surface area contributed by atoms with Crippen LogP contribution in [0.25, 0.3) is 0 Å². The van der Waals surface area contributed by atoms with Crippen LogP contribution in [0, 0.1) is 6.92 Å². The van der Waals surface area contributed by atoms with E-state index in [1.165, 1.54) is 6.08 Å². The van der Waals surface area contributed by atoms with Crippen LogP contribution >= 0.6 is 17.5 Å². The first-order valence-corrected chi connectivity index (χ1v) is 9.00. The molecule has 0 saturated carbocycles. The summed E-state index contributed by atoms with van der Waals surface area (Å²) >= 11 is 2.22. The van der Waals surface area contributed by atoms with E-state index in [2.05, 4.69) is 82.8 Å². The summed E-state index contributed by atoms with van der Waals surface area (Å²) in [4.78, 5) is 0. The summed E-state index contributed by atoms with van der Waals surface area (Å²) in [5, 5.41) is 0. The first-order chi connectivity index (χ1) is 6.88. The number of halogens is 1. The third kappa shape index (κ3) is 15.0. The molecule has 0 N–H and O–H groups in total. The molecule has 0 atom stereocenters. The van der Waals surface area contributed by atoms with Gasteiger partial charge >= 0.3 is 27.7 Å². The Balaban J connectivity index is -0.000000245. The van der Waals surface area contributed by atoms with Crippen molar-refractivity contribution in [2.45, 2.75) is 58.5 Å². The zero-order chi connectivity index (χ0) is 13.0. The van der Waals surface area contributed by atoms with Crippen molar-refractivity contribution in [1.82, 2.24) is 0 Å². The van der Waals surface area contributed by atoms with Crippen LogP contribution in [0.5, 0.6) is 0 Å². The molecule has 0 aliphatic rings. The van der Waals surface area contributed by atoms with E-state index in [-0.39, 0.29) is 7.92 Å². The first-order valence-electron chi connectivity index (χ1n) is 5.27. The fourth-order valence-corrected chi connectivity index (χ4v) is 6.00. The fourth-order valence-electron chi connectivity index (χ4n) is 2.00. The van der Waals surface area contributed by atoms with Crippen LogP contribution in [0.15, 0.2) is 12.7 Å². The third-order valence-electron chi connectivity index (χ3n) is 2.00. The van der Waals surface area contributed by atoms with Crippen LogP contribution in [0.3, 0.4) is 0 Å². The topological polar surface area (TPSA) is 0 Å². The fraction of sp³-hybridized carbons (Fsp3) is 0.750. The van der Waals surface area contributed by atoms with E-state index >= 15 is 0 Å². The molecule has 0 heterocycles. The zero-order valence-electron chi connectivity index (χ0n) is 10.9. The normalized spacial score (nSPS) is 9.67. The molecule has 3 heteroatoms. The number of rotatable bonds is 3. The Morgan fingerprint density at radius 3 is 1.13 bits per heavy atom. The molecule has 0 aliphatic carbocycles. The van der Waals surface area contributed by atoms with Gasteiger partial charge in [-0.1, -0.05) is 0 Å². The maximum atomic E-state index is 4.49. The van der Waals surface area contributed by atoms with Crippen molar-refractivity contribution < 1.29 is 18.2 Å². The van der Waals surface area contributed by atoms with Gasteiger partial charge in [-0.2, -0.15) is 0 Å². The van der Waals surface area contributed by atoms with E-state index in [0.29, 0.717) is 0 Å². The second-order valence-electron chi connectivity index (χ2n) is 4.25.